The lowest BCUT2D eigenvalue weighted by atomic mass is 10.1. The van der Waals surface area contributed by atoms with Crippen molar-refractivity contribution in [2.45, 2.75) is 12.8 Å². The molecule has 0 radical (unpaired) electrons. The first-order valence-electron chi connectivity index (χ1n) is 12.6. The summed E-state index contributed by atoms with van der Waals surface area (Å²) < 4.78 is 47.0. The van der Waals surface area contributed by atoms with Gasteiger partial charge >= 0.3 is 17.8 Å². The quantitative estimate of drug-likeness (QED) is 0.108. The van der Waals surface area contributed by atoms with Crippen LogP contribution in [0.25, 0.3) is 22.3 Å². The number of nitrogens with zero attached hydrogens (tertiary/aromatic N) is 4. The minimum Gasteiger partial charge on any atom is -0.481 e. The molecule has 14 heteroatoms. The normalized spacial score (nSPS) is 11.6. The maximum Gasteiger partial charge on any atom is 0.416 e. The van der Waals surface area contributed by atoms with E-state index >= 15 is 0 Å². The Morgan fingerprint density at radius 3 is 2.55 bits per heavy atom. The number of aromatic carboxylic acids is 1. The van der Waals surface area contributed by atoms with Gasteiger partial charge in [0.25, 0.3) is 5.56 Å². The third kappa shape index (κ3) is 6.34. The Balaban J connectivity index is 1.55. The predicted octanol–water partition coefficient (Wildman–Crippen LogP) is 6.91. The van der Waals surface area contributed by atoms with Crippen LogP contribution in [0.5, 0.6) is 5.75 Å². The van der Waals surface area contributed by atoms with Crippen molar-refractivity contribution in [2.24, 2.45) is 5.10 Å². The number of hydrogen-bond donors (Lipinski definition) is 1. The number of alkyl halides is 3. The van der Waals surface area contributed by atoms with Gasteiger partial charge in [0.15, 0.2) is 5.82 Å². The van der Waals surface area contributed by atoms with Gasteiger partial charge in [0.05, 0.1) is 37.6 Å². The van der Waals surface area contributed by atoms with Gasteiger partial charge in [-0.15, -0.1) is 0 Å². The molecule has 44 heavy (non-hydrogen) atoms. The fourth-order valence-corrected chi connectivity index (χ4v) is 4.86. The predicted molar refractivity (Wildman–Crippen MR) is 158 cm³/mol. The molecule has 1 aromatic heterocycles. The van der Waals surface area contributed by atoms with E-state index in [1.165, 1.54) is 42.5 Å². The monoisotopic (exact) mass is 666 g/mol. The van der Waals surface area contributed by atoms with E-state index in [4.69, 9.17) is 4.74 Å². The van der Waals surface area contributed by atoms with E-state index in [0.717, 1.165) is 29.1 Å². The van der Waals surface area contributed by atoms with Crippen LogP contribution in [0.4, 0.5) is 18.9 Å². The molecular weight excluding hydrogens is 649 g/mol. The molecule has 0 aliphatic carbocycles. The lowest BCUT2D eigenvalue weighted by molar-refractivity contribution is -0.386. The molecule has 222 valence electrons. The molecule has 1 heterocycles. The van der Waals surface area contributed by atoms with Crippen molar-refractivity contribution in [3.05, 3.63) is 132 Å². The number of nitro benzene ring substituents is 1. The van der Waals surface area contributed by atoms with Crippen LogP contribution >= 0.6 is 15.9 Å². The number of carboxylic acid groups (broad SMARTS) is 1. The molecule has 0 aliphatic heterocycles. The zero-order valence-corrected chi connectivity index (χ0v) is 23.7. The van der Waals surface area contributed by atoms with Crippen molar-refractivity contribution in [1.29, 1.82) is 0 Å². The fraction of sp³-hybridized carbons (Fsp3) is 0.0667. The summed E-state index contributed by atoms with van der Waals surface area (Å²) in [6.07, 6.45) is -3.51. The van der Waals surface area contributed by atoms with Crippen molar-refractivity contribution in [3.63, 3.8) is 0 Å². The first-order chi connectivity index (χ1) is 20.9. The number of carboxylic acids is 1. The maximum absolute atomic E-state index is 13.4. The molecular formula is C30H18BrF3N4O6. The van der Waals surface area contributed by atoms with Gasteiger partial charge in [0, 0.05) is 17.2 Å². The lowest BCUT2D eigenvalue weighted by Crippen LogP contribution is -2.20. The maximum atomic E-state index is 13.4. The average molecular weight is 667 g/mol. The van der Waals surface area contributed by atoms with Crippen LogP contribution in [0.3, 0.4) is 0 Å². The molecule has 0 unspecified atom stereocenters. The molecule has 0 aliphatic rings. The molecule has 0 bridgehead atoms. The Kier molecular flexibility index (Phi) is 8.27. The molecule has 5 rings (SSSR count). The van der Waals surface area contributed by atoms with Crippen LogP contribution < -0.4 is 10.3 Å². The summed E-state index contributed by atoms with van der Waals surface area (Å²) in [6.45, 7) is -0.174. The molecule has 0 amide bonds. The molecule has 10 nitrogen and oxygen atoms in total. The van der Waals surface area contributed by atoms with Crippen LogP contribution in [-0.4, -0.2) is 31.9 Å². The summed E-state index contributed by atoms with van der Waals surface area (Å²) in [4.78, 5) is 40.3. The molecule has 0 spiro atoms. The smallest absolute Gasteiger partial charge is 0.416 e. The van der Waals surface area contributed by atoms with Crippen molar-refractivity contribution >= 4 is 44.7 Å². The number of ether oxygens (including phenoxy) is 1. The summed E-state index contributed by atoms with van der Waals surface area (Å²) in [5.74, 6) is -1.45. The number of nitro groups is 1. The molecule has 0 saturated heterocycles. The third-order valence-electron chi connectivity index (χ3n) is 6.32. The van der Waals surface area contributed by atoms with Crippen molar-refractivity contribution in [1.82, 2.24) is 9.66 Å². The second-order valence-electron chi connectivity index (χ2n) is 9.29. The molecule has 0 atom stereocenters. The fourth-order valence-electron chi connectivity index (χ4n) is 4.28. The largest absolute Gasteiger partial charge is 0.481 e. The van der Waals surface area contributed by atoms with Crippen LogP contribution in [0.15, 0.2) is 99.3 Å². The van der Waals surface area contributed by atoms with Gasteiger partial charge in [-0.3, -0.25) is 14.9 Å². The first kappa shape index (κ1) is 30.1. The van der Waals surface area contributed by atoms with E-state index in [1.54, 1.807) is 24.3 Å². The Bertz CT molecular complexity index is 2030. The van der Waals surface area contributed by atoms with Gasteiger partial charge in [-0.25, -0.2) is 9.78 Å². The highest BCUT2D eigenvalue weighted by Gasteiger charge is 2.31. The zero-order chi connectivity index (χ0) is 31.6. The SMILES string of the molecule is O=C(O)c1cccc(COc2c(Br)cc(C=Nn3c(-c4cccc(C(F)(F)F)c4)nc4ccccc4c3=O)cc2[N+](=O)[O-])c1. The molecule has 5 aromatic rings. The van der Waals surface area contributed by atoms with Gasteiger partial charge in [0.1, 0.15) is 6.61 Å². The summed E-state index contributed by atoms with van der Waals surface area (Å²) in [7, 11) is 0. The summed E-state index contributed by atoms with van der Waals surface area (Å²) in [5.41, 5.74) is -1.23. The van der Waals surface area contributed by atoms with Gasteiger partial charge in [0.2, 0.25) is 5.75 Å². The van der Waals surface area contributed by atoms with E-state index in [0.29, 0.717) is 5.56 Å². The van der Waals surface area contributed by atoms with E-state index in [1.807, 2.05) is 0 Å². The molecule has 0 fully saturated rings. The van der Waals surface area contributed by atoms with Crippen molar-refractivity contribution < 1.29 is 32.7 Å². The Morgan fingerprint density at radius 1 is 1.07 bits per heavy atom. The summed E-state index contributed by atoms with van der Waals surface area (Å²) in [5, 5.41) is 25.5. The molecule has 1 N–H and O–H groups in total. The van der Waals surface area contributed by atoms with Crippen LogP contribution in [0, 0.1) is 10.1 Å². The zero-order valence-electron chi connectivity index (χ0n) is 22.2. The Hall–Kier alpha value is -5.37. The van der Waals surface area contributed by atoms with Gasteiger partial charge in [-0.1, -0.05) is 36.4 Å². The minimum absolute atomic E-state index is 0.0224. The second kappa shape index (κ2) is 12.1. The standard InChI is InChI=1S/C30H18BrF3N4O6/c31-23-12-18(13-25(38(42)43)26(23)44-16-17-5-3-7-20(11-17)29(40)41)15-35-37-27(19-6-4-8-21(14-19)30(32,33)34)36-24-10-2-1-9-22(24)28(37)39/h1-15H,16H2,(H,40,41). The van der Waals surface area contributed by atoms with Crippen LogP contribution in [-0.2, 0) is 12.8 Å². The van der Waals surface area contributed by atoms with Crippen molar-refractivity contribution in [3.8, 4) is 17.1 Å². The topological polar surface area (TPSA) is 137 Å². The van der Waals surface area contributed by atoms with Gasteiger partial charge in [-0.05, 0) is 64.0 Å². The highest BCUT2D eigenvalue weighted by atomic mass is 79.9. The van der Waals surface area contributed by atoms with Crippen molar-refractivity contribution in [2.75, 3.05) is 0 Å². The van der Waals surface area contributed by atoms with E-state index in [-0.39, 0.29) is 50.2 Å². The third-order valence-corrected chi connectivity index (χ3v) is 6.91. The van der Waals surface area contributed by atoms with Gasteiger partial charge < -0.3 is 9.84 Å². The van der Waals surface area contributed by atoms with E-state index in [2.05, 4.69) is 26.0 Å². The first-order valence-corrected chi connectivity index (χ1v) is 13.4. The number of benzene rings is 4. The van der Waals surface area contributed by atoms with Crippen LogP contribution in [0.1, 0.15) is 27.0 Å². The number of halogens is 4. The number of carbonyl (C=O) groups is 1. The highest BCUT2D eigenvalue weighted by Crippen LogP contribution is 2.37. The summed E-state index contributed by atoms with van der Waals surface area (Å²) >= 11 is 3.26. The second-order valence-corrected chi connectivity index (χ2v) is 10.1. The Labute approximate surface area is 254 Å². The number of aromatic nitrogens is 2. The van der Waals surface area contributed by atoms with Gasteiger partial charge in [-0.2, -0.15) is 22.9 Å². The highest BCUT2D eigenvalue weighted by molar-refractivity contribution is 9.10. The molecule has 0 saturated carbocycles. The Morgan fingerprint density at radius 2 is 1.82 bits per heavy atom. The average Bonchev–Trinajstić information content (AvgIpc) is 2.99. The van der Waals surface area contributed by atoms with E-state index in [9.17, 15) is 38.0 Å². The van der Waals surface area contributed by atoms with Crippen LogP contribution in [0.2, 0.25) is 0 Å². The number of fused-ring (bicyclic) bond motifs is 1. The number of rotatable bonds is 8. The minimum atomic E-state index is -4.64. The lowest BCUT2D eigenvalue weighted by Gasteiger charge is -2.12. The number of para-hydroxylation sites is 1. The molecule has 4 aromatic carbocycles. The van der Waals surface area contributed by atoms with E-state index < -0.39 is 33.9 Å². The number of hydrogen-bond acceptors (Lipinski definition) is 7. The summed E-state index contributed by atoms with van der Waals surface area (Å²) in [6, 6.07) is 19.0.